The van der Waals surface area contributed by atoms with Gasteiger partial charge in [-0.15, -0.1) is 0 Å². The van der Waals surface area contributed by atoms with Crippen molar-refractivity contribution in [3.8, 4) is 11.5 Å². The molecule has 0 heterocycles. The summed E-state index contributed by atoms with van der Waals surface area (Å²) in [7, 11) is -0.758. The number of nitrogens with one attached hydrogen (secondary N) is 2. The van der Waals surface area contributed by atoms with Crippen molar-refractivity contribution >= 4 is 21.6 Å². The standard InChI is InChI=1S/C24H26N2O5S/c1-16-9-11-19(32(28,29)26-21-8-6-5-7-17(21)2)14-20(16)24(27)25-15-18-10-12-22(30-3)23(13-18)31-4/h5-14,26H,15H2,1-4H3,(H,25,27). The topological polar surface area (TPSA) is 93.7 Å². The van der Waals surface area contributed by atoms with Gasteiger partial charge in [0, 0.05) is 12.1 Å². The van der Waals surface area contributed by atoms with Crippen molar-refractivity contribution in [2.24, 2.45) is 0 Å². The lowest BCUT2D eigenvalue weighted by Crippen LogP contribution is -2.24. The zero-order chi connectivity index (χ0) is 23.3. The lowest BCUT2D eigenvalue weighted by Gasteiger charge is -2.13. The molecule has 0 saturated heterocycles. The third-order valence-corrected chi connectivity index (χ3v) is 6.42. The number of hydrogen-bond acceptors (Lipinski definition) is 5. The molecular formula is C24H26N2O5S. The van der Waals surface area contributed by atoms with Crippen LogP contribution in [-0.2, 0) is 16.6 Å². The smallest absolute Gasteiger partial charge is 0.261 e. The van der Waals surface area contributed by atoms with E-state index in [0.717, 1.165) is 11.1 Å². The quantitative estimate of drug-likeness (QED) is 0.536. The summed E-state index contributed by atoms with van der Waals surface area (Å²) in [6.45, 7) is 3.83. The number of ether oxygens (including phenoxy) is 2. The van der Waals surface area contributed by atoms with Gasteiger partial charge >= 0.3 is 0 Å². The van der Waals surface area contributed by atoms with Crippen LogP contribution in [0.4, 0.5) is 5.69 Å². The minimum atomic E-state index is -3.85. The molecule has 168 valence electrons. The molecule has 0 aliphatic rings. The Morgan fingerprint density at radius 3 is 2.28 bits per heavy atom. The Hall–Kier alpha value is -3.52. The number of para-hydroxylation sites is 1. The zero-order valence-corrected chi connectivity index (χ0v) is 19.2. The van der Waals surface area contributed by atoms with Gasteiger partial charge in [0.05, 0.1) is 24.8 Å². The highest BCUT2D eigenvalue weighted by Crippen LogP contribution is 2.27. The van der Waals surface area contributed by atoms with Gasteiger partial charge in [0.25, 0.3) is 15.9 Å². The molecule has 0 aliphatic carbocycles. The van der Waals surface area contributed by atoms with Crippen LogP contribution in [0.1, 0.15) is 27.0 Å². The highest BCUT2D eigenvalue weighted by Gasteiger charge is 2.19. The molecule has 3 aromatic rings. The van der Waals surface area contributed by atoms with Crippen molar-refractivity contribution in [2.75, 3.05) is 18.9 Å². The van der Waals surface area contributed by atoms with E-state index in [9.17, 15) is 13.2 Å². The first kappa shape index (κ1) is 23.1. The second kappa shape index (κ2) is 9.74. The van der Waals surface area contributed by atoms with Crippen LogP contribution >= 0.6 is 0 Å². The monoisotopic (exact) mass is 454 g/mol. The van der Waals surface area contributed by atoms with E-state index in [1.54, 1.807) is 51.5 Å². The number of aryl methyl sites for hydroxylation is 2. The first-order valence-electron chi connectivity index (χ1n) is 9.93. The van der Waals surface area contributed by atoms with Gasteiger partial charge in [-0.1, -0.05) is 30.3 Å². The van der Waals surface area contributed by atoms with E-state index in [4.69, 9.17) is 9.47 Å². The maximum absolute atomic E-state index is 12.9. The van der Waals surface area contributed by atoms with Gasteiger partial charge in [0.1, 0.15) is 0 Å². The first-order valence-corrected chi connectivity index (χ1v) is 11.4. The molecule has 0 aliphatic heterocycles. The summed E-state index contributed by atoms with van der Waals surface area (Å²) >= 11 is 0. The number of anilines is 1. The lowest BCUT2D eigenvalue weighted by molar-refractivity contribution is 0.0950. The maximum Gasteiger partial charge on any atom is 0.261 e. The number of amides is 1. The molecule has 0 aromatic heterocycles. The van der Waals surface area contributed by atoms with Crippen molar-refractivity contribution in [3.63, 3.8) is 0 Å². The highest BCUT2D eigenvalue weighted by molar-refractivity contribution is 7.92. The van der Waals surface area contributed by atoms with Crippen LogP contribution in [0.15, 0.2) is 65.6 Å². The number of hydrogen-bond donors (Lipinski definition) is 2. The summed E-state index contributed by atoms with van der Waals surface area (Å²) in [5, 5.41) is 2.83. The summed E-state index contributed by atoms with van der Waals surface area (Å²) in [5.41, 5.74) is 3.07. The zero-order valence-electron chi connectivity index (χ0n) is 18.4. The second-order valence-corrected chi connectivity index (χ2v) is 8.95. The fraction of sp³-hybridized carbons (Fsp3) is 0.208. The second-order valence-electron chi connectivity index (χ2n) is 7.27. The lowest BCUT2D eigenvalue weighted by atomic mass is 10.1. The van der Waals surface area contributed by atoms with Crippen LogP contribution in [-0.4, -0.2) is 28.5 Å². The summed E-state index contributed by atoms with van der Waals surface area (Å²) in [6.07, 6.45) is 0. The van der Waals surface area contributed by atoms with Crippen molar-refractivity contribution in [1.29, 1.82) is 0 Å². The van der Waals surface area contributed by atoms with Gasteiger partial charge in [-0.2, -0.15) is 0 Å². The third kappa shape index (κ3) is 5.20. The van der Waals surface area contributed by atoms with Gasteiger partial charge in [-0.25, -0.2) is 8.42 Å². The van der Waals surface area contributed by atoms with E-state index in [1.807, 2.05) is 25.1 Å². The van der Waals surface area contributed by atoms with Crippen molar-refractivity contribution in [2.45, 2.75) is 25.3 Å². The van der Waals surface area contributed by atoms with Crippen LogP contribution in [0, 0.1) is 13.8 Å². The summed E-state index contributed by atoms with van der Waals surface area (Å²) < 4.78 is 38.9. The Balaban J connectivity index is 1.79. The predicted octanol–water partition coefficient (Wildman–Crippen LogP) is 4.05. The molecule has 8 heteroatoms. The molecule has 0 spiro atoms. The molecule has 0 fully saturated rings. The minimum absolute atomic E-state index is 0.0163. The van der Waals surface area contributed by atoms with E-state index in [1.165, 1.54) is 12.1 Å². The molecule has 1 amide bonds. The summed E-state index contributed by atoms with van der Waals surface area (Å²) in [6, 6.07) is 17.0. The fourth-order valence-corrected chi connectivity index (χ4v) is 4.33. The van der Waals surface area contributed by atoms with E-state index in [0.29, 0.717) is 22.7 Å². The van der Waals surface area contributed by atoms with Crippen molar-refractivity contribution in [1.82, 2.24) is 5.32 Å². The normalized spacial score (nSPS) is 11.0. The molecular weight excluding hydrogens is 428 g/mol. The van der Waals surface area contributed by atoms with Crippen LogP contribution in [0.25, 0.3) is 0 Å². The minimum Gasteiger partial charge on any atom is -0.493 e. The number of benzene rings is 3. The summed E-state index contributed by atoms with van der Waals surface area (Å²) in [5.74, 6) is 0.786. The van der Waals surface area contributed by atoms with Gasteiger partial charge in [0.2, 0.25) is 0 Å². The Morgan fingerprint density at radius 1 is 0.875 bits per heavy atom. The average Bonchev–Trinajstić information content (AvgIpc) is 2.78. The van der Waals surface area contributed by atoms with E-state index >= 15 is 0 Å². The Labute approximate surface area is 188 Å². The van der Waals surface area contributed by atoms with Crippen molar-refractivity contribution in [3.05, 3.63) is 82.9 Å². The Morgan fingerprint density at radius 2 is 1.59 bits per heavy atom. The highest BCUT2D eigenvalue weighted by atomic mass is 32.2. The van der Waals surface area contributed by atoms with Crippen LogP contribution < -0.4 is 19.5 Å². The number of carbonyl (C=O) groups excluding carboxylic acids is 1. The van der Waals surface area contributed by atoms with Gasteiger partial charge in [-0.3, -0.25) is 9.52 Å². The van der Waals surface area contributed by atoms with Gasteiger partial charge in [-0.05, 0) is 60.9 Å². The molecule has 0 unspecified atom stereocenters. The molecule has 0 saturated carbocycles. The maximum atomic E-state index is 12.9. The number of carbonyl (C=O) groups is 1. The molecule has 0 radical (unpaired) electrons. The largest absolute Gasteiger partial charge is 0.493 e. The van der Waals surface area contributed by atoms with Gasteiger partial charge in [0.15, 0.2) is 11.5 Å². The molecule has 3 aromatic carbocycles. The third-order valence-electron chi connectivity index (χ3n) is 5.05. The van der Waals surface area contributed by atoms with Gasteiger partial charge < -0.3 is 14.8 Å². The van der Waals surface area contributed by atoms with E-state index in [-0.39, 0.29) is 22.9 Å². The Kier molecular flexibility index (Phi) is 7.05. The van der Waals surface area contributed by atoms with E-state index < -0.39 is 10.0 Å². The molecule has 7 nitrogen and oxygen atoms in total. The fourth-order valence-electron chi connectivity index (χ4n) is 3.17. The predicted molar refractivity (Wildman–Crippen MR) is 124 cm³/mol. The molecule has 3 rings (SSSR count). The van der Waals surface area contributed by atoms with Crippen LogP contribution in [0.2, 0.25) is 0 Å². The number of methoxy groups -OCH3 is 2. The van der Waals surface area contributed by atoms with Crippen molar-refractivity contribution < 1.29 is 22.7 Å². The van der Waals surface area contributed by atoms with Crippen LogP contribution in [0.3, 0.4) is 0 Å². The SMILES string of the molecule is COc1ccc(CNC(=O)c2cc(S(=O)(=O)Nc3ccccc3C)ccc2C)cc1OC. The van der Waals surface area contributed by atoms with Crippen LogP contribution in [0.5, 0.6) is 11.5 Å². The summed E-state index contributed by atoms with van der Waals surface area (Å²) in [4.78, 5) is 12.8. The molecule has 0 bridgehead atoms. The first-order chi connectivity index (χ1) is 15.2. The molecule has 2 N–H and O–H groups in total. The molecule has 32 heavy (non-hydrogen) atoms. The number of rotatable bonds is 8. The Bertz CT molecular complexity index is 1240. The van der Waals surface area contributed by atoms with E-state index in [2.05, 4.69) is 10.0 Å². The average molecular weight is 455 g/mol. The molecule has 0 atom stereocenters. The number of sulfonamides is 1.